The molecule has 1 unspecified atom stereocenters. The van der Waals surface area contributed by atoms with Gasteiger partial charge < -0.3 is 40.0 Å². The Hall–Kier alpha value is -1.06. The van der Waals surface area contributed by atoms with Crippen molar-refractivity contribution in [3.05, 3.63) is 71.3 Å². The molecule has 0 saturated heterocycles. The van der Waals surface area contributed by atoms with Crippen LogP contribution in [0.25, 0.3) is 0 Å². The van der Waals surface area contributed by atoms with Gasteiger partial charge in [0.05, 0.1) is 31.3 Å². The summed E-state index contributed by atoms with van der Waals surface area (Å²) >= 11 is 0. The van der Waals surface area contributed by atoms with Gasteiger partial charge in [0.2, 0.25) is 0 Å². The summed E-state index contributed by atoms with van der Waals surface area (Å²) in [5.41, 5.74) is 0.813. The standard InChI is InChI=1S/C20H26O4.H4O5P2/c1-19(2,15-8-4-3-5-9-15)17-11-7-6-10-16(17)18(24)20(12-21,13-22)14-23;1-6(2)5-7(3)4/h3-11,18,21-24H,12-14H2,1-2H3;1-4H. The smallest absolute Gasteiger partial charge is 0.334 e. The molecular formula is C20H30O9P2. The van der Waals surface area contributed by atoms with Gasteiger partial charge in [-0.3, -0.25) is 0 Å². The molecule has 31 heavy (non-hydrogen) atoms. The zero-order valence-corrected chi connectivity index (χ0v) is 19.1. The maximum absolute atomic E-state index is 10.8. The van der Waals surface area contributed by atoms with Crippen molar-refractivity contribution in [2.75, 3.05) is 19.8 Å². The summed E-state index contributed by atoms with van der Waals surface area (Å²) in [5.74, 6) is 0. The van der Waals surface area contributed by atoms with Crippen molar-refractivity contribution in [2.24, 2.45) is 5.41 Å². The van der Waals surface area contributed by atoms with Gasteiger partial charge in [0.25, 0.3) is 0 Å². The predicted molar refractivity (Wildman–Crippen MR) is 117 cm³/mol. The second kappa shape index (κ2) is 12.8. The normalized spacial score (nSPS) is 13.2. The van der Waals surface area contributed by atoms with E-state index in [2.05, 4.69) is 18.2 Å². The van der Waals surface area contributed by atoms with Crippen LogP contribution in [0, 0.1) is 5.41 Å². The quantitative estimate of drug-likeness (QED) is 0.249. The lowest BCUT2D eigenvalue weighted by Gasteiger charge is -2.37. The molecule has 0 radical (unpaired) electrons. The minimum absolute atomic E-state index is 0.384. The van der Waals surface area contributed by atoms with Gasteiger partial charge in [-0.2, -0.15) is 0 Å². The van der Waals surface area contributed by atoms with E-state index in [4.69, 9.17) is 19.6 Å². The monoisotopic (exact) mass is 476 g/mol. The first-order valence-corrected chi connectivity index (χ1v) is 11.6. The molecule has 2 aromatic rings. The molecule has 2 aromatic carbocycles. The van der Waals surface area contributed by atoms with Crippen LogP contribution in [0.15, 0.2) is 54.6 Å². The fraction of sp³-hybridized carbons (Fsp3) is 0.400. The topological polar surface area (TPSA) is 171 Å². The Bertz CT molecular complexity index is 754. The Labute approximate surface area is 183 Å². The van der Waals surface area contributed by atoms with Gasteiger partial charge in [0, 0.05) is 5.41 Å². The molecule has 9 nitrogen and oxygen atoms in total. The van der Waals surface area contributed by atoms with E-state index in [1.165, 1.54) is 0 Å². The lowest BCUT2D eigenvalue weighted by atomic mass is 9.71. The van der Waals surface area contributed by atoms with Gasteiger partial charge in [-0.15, -0.1) is 0 Å². The zero-order chi connectivity index (χ0) is 23.7. The molecule has 0 amide bonds. The van der Waals surface area contributed by atoms with Crippen molar-refractivity contribution in [3.63, 3.8) is 0 Å². The number of rotatable bonds is 9. The van der Waals surface area contributed by atoms with Gasteiger partial charge in [0.1, 0.15) is 0 Å². The maximum Gasteiger partial charge on any atom is 0.334 e. The van der Waals surface area contributed by atoms with E-state index < -0.39 is 48.5 Å². The molecule has 1 atom stereocenters. The molecule has 0 aliphatic rings. The van der Waals surface area contributed by atoms with E-state index in [1.54, 1.807) is 12.1 Å². The summed E-state index contributed by atoms with van der Waals surface area (Å²) in [6, 6.07) is 17.4. The van der Waals surface area contributed by atoms with Gasteiger partial charge in [-0.25, -0.2) is 4.31 Å². The first-order chi connectivity index (χ1) is 14.6. The van der Waals surface area contributed by atoms with Crippen molar-refractivity contribution in [3.8, 4) is 0 Å². The largest absolute Gasteiger partial charge is 0.395 e. The molecule has 2 rings (SSSR count). The van der Waals surface area contributed by atoms with Gasteiger partial charge >= 0.3 is 17.2 Å². The molecule has 0 saturated carbocycles. The van der Waals surface area contributed by atoms with E-state index in [1.807, 2.05) is 42.5 Å². The highest BCUT2D eigenvalue weighted by atomic mass is 31.2. The van der Waals surface area contributed by atoms with Crippen molar-refractivity contribution >= 4 is 17.2 Å². The summed E-state index contributed by atoms with van der Waals surface area (Å²) in [6.07, 6.45) is -1.18. The Morgan fingerprint density at radius 1 is 0.774 bits per heavy atom. The summed E-state index contributed by atoms with van der Waals surface area (Å²) in [5, 5.41) is 39.8. The minimum atomic E-state index is -2.61. The van der Waals surface area contributed by atoms with Crippen LogP contribution >= 0.6 is 17.2 Å². The number of hydrogen-bond acceptors (Lipinski definition) is 9. The second-order valence-corrected chi connectivity index (χ2v) is 9.07. The minimum Gasteiger partial charge on any atom is -0.395 e. The first kappa shape index (κ1) is 28.0. The van der Waals surface area contributed by atoms with Crippen LogP contribution in [-0.4, -0.2) is 59.8 Å². The third kappa shape index (κ3) is 7.49. The van der Waals surface area contributed by atoms with E-state index in [-0.39, 0.29) is 5.41 Å². The highest BCUT2D eigenvalue weighted by molar-refractivity contribution is 7.53. The summed E-state index contributed by atoms with van der Waals surface area (Å²) in [4.78, 5) is 31.3. The predicted octanol–water partition coefficient (Wildman–Crippen LogP) is 1.44. The molecule has 0 aliphatic carbocycles. The molecule has 0 spiro atoms. The molecule has 0 bridgehead atoms. The number of aliphatic hydroxyl groups is 4. The van der Waals surface area contributed by atoms with Gasteiger partial charge in [0.15, 0.2) is 0 Å². The van der Waals surface area contributed by atoms with Crippen molar-refractivity contribution in [2.45, 2.75) is 25.4 Å². The van der Waals surface area contributed by atoms with E-state index >= 15 is 0 Å². The van der Waals surface area contributed by atoms with Crippen LogP contribution in [0.3, 0.4) is 0 Å². The molecule has 0 heterocycles. The molecule has 0 aromatic heterocycles. The lowest BCUT2D eigenvalue weighted by molar-refractivity contribution is -0.0857. The summed E-state index contributed by atoms with van der Waals surface area (Å²) in [7, 11) is -5.22. The molecule has 8 N–H and O–H groups in total. The highest BCUT2D eigenvalue weighted by Gasteiger charge is 2.40. The number of aliphatic hydroxyl groups excluding tert-OH is 4. The number of hydrogen-bond donors (Lipinski definition) is 8. The molecular weight excluding hydrogens is 446 g/mol. The summed E-state index contributed by atoms with van der Waals surface area (Å²) in [6.45, 7) is 2.59. The Morgan fingerprint density at radius 3 is 1.65 bits per heavy atom. The van der Waals surface area contributed by atoms with Crippen LogP contribution in [0.2, 0.25) is 0 Å². The lowest BCUT2D eigenvalue weighted by Crippen LogP contribution is -2.41. The SMILES string of the molecule is CC(C)(c1ccccc1)c1ccccc1C(O)C(CO)(CO)CO.OP(O)OP(O)O. The van der Waals surface area contributed by atoms with Crippen molar-refractivity contribution < 1.29 is 44.3 Å². The van der Waals surface area contributed by atoms with Crippen LogP contribution in [-0.2, 0) is 9.73 Å². The Kier molecular flexibility index (Phi) is 11.6. The fourth-order valence-corrected chi connectivity index (χ4v) is 3.64. The second-order valence-electron chi connectivity index (χ2n) is 7.40. The first-order valence-electron chi connectivity index (χ1n) is 9.25. The van der Waals surface area contributed by atoms with Crippen LogP contribution < -0.4 is 0 Å². The third-order valence-electron chi connectivity index (χ3n) is 5.09. The van der Waals surface area contributed by atoms with Crippen LogP contribution in [0.5, 0.6) is 0 Å². The Morgan fingerprint density at radius 2 is 1.23 bits per heavy atom. The van der Waals surface area contributed by atoms with E-state index in [0.717, 1.165) is 11.1 Å². The Balaban J connectivity index is 0.000000592. The van der Waals surface area contributed by atoms with E-state index in [0.29, 0.717) is 5.56 Å². The van der Waals surface area contributed by atoms with Crippen LogP contribution in [0.1, 0.15) is 36.6 Å². The van der Waals surface area contributed by atoms with E-state index in [9.17, 15) is 20.4 Å². The third-order valence-corrected chi connectivity index (χ3v) is 6.26. The van der Waals surface area contributed by atoms with Crippen LogP contribution in [0.4, 0.5) is 0 Å². The van der Waals surface area contributed by atoms with Crippen molar-refractivity contribution in [1.29, 1.82) is 0 Å². The van der Waals surface area contributed by atoms with Crippen molar-refractivity contribution in [1.82, 2.24) is 0 Å². The van der Waals surface area contributed by atoms with Gasteiger partial charge in [-0.1, -0.05) is 68.4 Å². The molecule has 0 aliphatic heterocycles. The average molecular weight is 476 g/mol. The molecule has 0 fully saturated rings. The maximum atomic E-state index is 10.8. The molecule has 174 valence electrons. The average Bonchev–Trinajstić information content (AvgIpc) is 2.75. The summed E-state index contributed by atoms with van der Waals surface area (Å²) < 4.78 is 3.60. The zero-order valence-electron chi connectivity index (χ0n) is 17.3. The van der Waals surface area contributed by atoms with Gasteiger partial charge in [-0.05, 0) is 16.7 Å². The fourth-order valence-electron chi connectivity index (χ4n) is 3.12. The highest BCUT2D eigenvalue weighted by Crippen LogP contribution is 2.42. The number of benzene rings is 2. The molecule has 11 heteroatoms.